The summed E-state index contributed by atoms with van der Waals surface area (Å²) in [5.41, 5.74) is 1.13. The average molecular weight is 250 g/mol. The molecule has 1 aromatic carbocycles. The van der Waals surface area contributed by atoms with Gasteiger partial charge in [-0.1, -0.05) is 0 Å². The summed E-state index contributed by atoms with van der Waals surface area (Å²) in [6, 6.07) is 5.03. The number of carbonyl (C=O) groups excluding carboxylic acids is 2. The second-order valence-corrected chi connectivity index (χ2v) is 3.92. The van der Waals surface area contributed by atoms with Gasteiger partial charge in [0.25, 0.3) is 5.91 Å². The predicted octanol–water partition coefficient (Wildman–Crippen LogP) is 0.728. The van der Waals surface area contributed by atoms with Crippen molar-refractivity contribution in [3.8, 4) is 5.75 Å². The second-order valence-electron chi connectivity index (χ2n) is 3.92. The number of nitrogens with one attached hydrogen (secondary N) is 2. The van der Waals surface area contributed by atoms with E-state index in [2.05, 4.69) is 10.6 Å². The molecule has 0 unspecified atom stereocenters. The van der Waals surface area contributed by atoms with Gasteiger partial charge in [-0.25, -0.2) is 0 Å². The van der Waals surface area contributed by atoms with E-state index in [0.29, 0.717) is 23.5 Å². The summed E-state index contributed by atoms with van der Waals surface area (Å²) in [6.45, 7) is -0.00326. The average Bonchev–Trinajstić information content (AvgIpc) is 2.36. The van der Waals surface area contributed by atoms with Gasteiger partial charge in [0.1, 0.15) is 5.75 Å². The van der Waals surface area contributed by atoms with Crippen molar-refractivity contribution in [1.29, 1.82) is 0 Å². The van der Waals surface area contributed by atoms with Crippen LogP contribution in [0.4, 0.5) is 11.4 Å². The second kappa shape index (κ2) is 5.50. The lowest BCUT2D eigenvalue weighted by molar-refractivity contribution is -0.118. The zero-order valence-electron chi connectivity index (χ0n) is 9.73. The van der Waals surface area contributed by atoms with Gasteiger partial charge in [-0.2, -0.15) is 0 Å². The summed E-state index contributed by atoms with van der Waals surface area (Å²) in [5.74, 6) is 0.196. The Hall–Kier alpha value is -2.08. The molecule has 2 amide bonds. The maximum Gasteiger partial charge on any atom is 0.262 e. The normalized spacial score (nSPS) is 13.3. The van der Waals surface area contributed by atoms with Crippen LogP contribution in [0, 0.1) is 0 Å². The molecule has 0 saturated heterocycles. The number of aliphatic hydroxyl groups is 1. The summed E-state index contributed by atoms with van der Waals surface area (Å²) in [5, 5.41) is 14.0. The van der Waals surface area contributed by atoms with Crippen LogP contribution in [-0.2, 0) is 9.59 Å². The Labute approximate surface area is 104 Å². The molecule has 0 atom stereocenters. The van der Waals surface area contributed by atoms with Crippen LogP contribution in [0.1, 0.15) is 12.8 Å². The lowest BCUT2D eigenvalue weighted by Gasteiger charge is -2.18. The van der Waals surface area contributed by atoms with Crippen molar-refractivity contribution in [2.75, 3.05) is 23.8 Å². The molecule has 0 spiro atoms. The number of fused-ring (bicyclic) bond motifs is 1. The Bertz CT molecular complexity index is 473. The van der Waals surface area contributed by atoms with Crippen molar-refractivity contribution in [2.45, 2.75) is 12.8 Å². The van der Waals surface area contributed by atoms with Crippen LogP contribution in [0.25, 0.3) is 0 Å². The molecule has 6 heteroatoms. The minimum absolute atomic E-state index is 0.00913. The maximum absolute atomic E-state index is 11.5. The number of hydrogen-bond donors (Lipinski definition) is 3. The summed E-state index contributed by atoms with van der Waals surface area (Å²) >= 11 is 0. The summed E-state index contributed by atoms with van der Waals surface area (Å²) in [6.07, 6.45) is 0.688. The van der Waals surface area contributed by atoms with Crippen molar-refractivity contribution in [1.82, 2.24) is 0 Å². The van der Waals surface area contributed by atoms with E-state index in [4.69, 9.17) is 9.84 Å². The molecule has 0 saturated carbocycles. The third-order valence-electron chi connectivity index (χ3n) is 2.46. The lowest BCUT2D eigenvalue weighted by Crippen LogP contribution is -2.25. The molecule has 3 N–H and O–H groups in total. The van der Waals surface area contributed by atoms with E-state index in [1.165, 1.54) is 0 Å². The Morgan fingerprint density at radius 3 is 3.11 bits per heavy atom. The monoisotopic (exact) mass is 250 g/mol. The quantitative estimate of drug-likeness (QED) is 0.735. The van der Waals surface area contributed by atoms with Gasteiger partial charge in [0.2, 0.25) is 5.91 Å². The van der Waals surface area contributed by atoms with Gasteiger partial charge in [-0.15, -0.1) is 0 Å². The predicted molar refractivity (Wildman–Crippen MR) is 65.5 cm³/mol. The van der Waals surface area contributed by atoms with Crippen molar-refractivity contribution in [3.63, 3.8) is 0 Å². The van der Waals surface area contributed by atoms with Gasteiger partial charge in [0.15, 0.2) is 6.61 Å². The fraction of sp³-hybridized carbons (Fsp3) is 0.333. The van der Waals surface area contributed by atoms with Gasteiger partial charge < -0.3 is 20.5 Å². The van der Waals surface area contributed by atoms with Gasteiger partial charge in [-0.3, -0.25) is 9.59 Å². The lowest BCUT2D eigenvalue weighted by atomic mass is 10.2. The van der Waals surface area contributed by atoms with Gasteiger partial charge in [-0.05, 0) is 24.6 Å². The smallest absolute Gasteiger partial charge is 0.262 e. The Morgan fingerprint density at radius 2 is 2.33 bits per heavy atom. The largest absolute Gasteiger partial charge is 0.482 e. The molecule has 2 rings (SSSR count). The molecule has 0 aliphatic carbocycles. The molecule has 0 aromatic heterocycles. The third kappa shape index (κ3) is 2.98. The maximum atomic E-state index is 11.5. The van der Waals surface area contributed by atoms with E-state index in [-0.39, 0.29) is 31.4 Å². The summed E-state index contributed by atoms with van der Waals surface area (Å²) < 4.78 is 5.20. The minimum Gasteiger partial charge on any atom is -0.482 e. The molecule has 96 valence electrons. The Kier molecular flexibility index (Phi) is 3.78. The summed E-state index contributed by atoms with van der Waals surface area (Å²) in [4.78, 5) is 22.6. The van der Waals surface area contributed by atoms with Crippen LogP contribution < -0.4 is 15.4 Å². The SMILES string of the molecule is O=C(CCCO)Nc1ccc2c(c1)NC(=O)CO2. The molecule has 0 bridgehead atoms. The van der Waals surface area contributed by atoms with Crippen LogP contribution in [0.2, 0.25) is 0 Å². The first-order valence-corrected chi connectivity index (χ1v) is 5.66. The molecule has 1 aliphatic heterocycles. The van der Waals surface area contributed by atoms with Crippen molar-refractivity contribution in [2.24, 2.45) is 0 Å². The van der Waals surface area contributed by atoms with E-state index in [0.717, 1.165) is 0 Å². The van der Waals surface area contributed by atoms with Crippen LogP contribution in [0.3, 0.4) is 0 Å². The zero-order chi connectivity index (χ0) is 13.0. The molecule has 1 aromatic rings. The molecule has 6 nitrogen and oxygen atoms in total. The van der Waals surface area contributed by atoms with Gasteiger partial charge in [0, 0.05) is 18.7 Å². The van der Waals surface area contributed by atoms with E-state index >= 15 is 0 Å². The molecular weight excluding hydrogens is 236 g/mol. The van der Waals surface area contributed by atoms with Crippen molar-refractivity contribution < 1.29 is 19.4 Å². The molecule has 1 aliphatic rings. The first-order valence-electron chi connectivity index (χ1n) is 5.66. The Balaban J connectivity index is 2.04. The first-order chi connectivity index (χ1) is 8.69. The number of ether oxygens (including phenoxy) is 1. The number of anilines is 2. The highest BCUT2D eigenvalue weighted by Gasteiger charge is 2.16. The molecule has 18 heavy (non-hydrogen) atoms. The minimum atomic E-state index is -0.216. The van der Waals surface area contributed by atoms with Gasteiger partial charge in [0.05, 0.1) is 5.69 Å². The van der Waals surface area contributed by atoms with Crippen molar-refractivity contribution >= 4 is 23.2 Å². The summed E-state index contributed by atoms with van der Waals surface area (Å²) in [7, 11) is 0. The van der Waals surface area contributed by atoms with E-state index < -0.39 is 0 Å². The van der Waals surface area contributed by atoms with Crippen LogP contribution >= 0.6 is 0 Å². The van der Waals surface area contributed by atoms with Crippen LogP contribution in [0.15, 0.2) is 18.2 Å². The number of hydrogen-bond acceptors (Lipinski definition) is 4. The topological polar surface area (TPSA) is 87.7 Å². The Morgan fingerprint density at radius 1 is 1.50 bits per heavy atom. The standard InChI is InChI=1S/C12H14N2O4/c15-5-1-2-11(16)13-8-3-4-10-9(6-8)14-12(17)7-18-10/h3-4,6,15H,1-2,5,7H2,(H,13,16)(H,14,17). The number of benzene rings is 1. The fourth-order valence-electron chi connectivity index (χ4n) is 1.62. The van der Waals surface area contributed by atoms with Crippen LogP contribution in [-0.4, -0.2) is 30.1 Å². The highest BCUT2D eigenvalue weighted by molar-refractivity contribution is 5.97. The van der Waals surface area contributed by atoms with E-state index in [1.807, 2.05) is 0 Å². The number of rotatable bonds is 4. The molecular formula is C12H14N2O4. The number of amides is 2. The van der Waals surface area contributed by atoms with Gasteiger partial charge >= 0.3 is 0 Å². The highest BCUT2D eigenvalue weighted by Crippen LogP contribution is 2.30. The third-order valence-corrected chi connectivity index (χ3v) is 2.46. The number of aliphatic hydroxyl groups excluding tert-OH is 1. The molecule has 0 fully saturated rings. The van der Waals surface area contributed by atoms with E-state index in [9.17, 15) is 9.59 Å². The van der Waals surface area contributed by atoms with Crippen molar-refractivity contribution in [3.05, 3.63) is 18.2 Å². The van der Waals surface area contributed by atoms with Crippen LogP contribution in [0.5, 0.6) is 5.75 Å². The molecule has 1 heterocycles. The fourth-order valence-corrected chi connectivity index (χ4v) is 1.62. The number of carbonyl (C=O) groups is 2. The highest BCUT2D eigenvalue weighted by atomic mass is 16.5. The molecule has 0 radical (unpaired) electrons. The zero-order valence-corrected chi connectivity index (χ0v) is 9.73. The van der Waals surface area contributed by atoms with E-state index in [1.54, 1.807) is 18.2 Å². The first kappa shape index (κ1) is 12.4.